The van der Waals surface area contributed by atoms with Crippen molar-refractivity contribution in [1.29, 1.82) is 0 Å². The molecule has 1 aliphatic heterocycles. The normalized spacial score (nSPS) is 19.8. The molecule has 3 amide bonds. The Balaban J connectivity index is 0. The lowest BCUT2D eigenvalue weighted by Gasteiger charge is -2.05. The zero-order chi connectivity index (χ0) is 7.07. The molecular formula is C5H9Br2N2O2-. The highest BCUT2D eigenvalue weighted by Gasteiger charge is 2.42. The number of halogens is 2. The Bertz CT molecular complexity index is 181. The summed E-state index contributed by atoms with van der Waals surface area (Å²) in [5.74, 6) is -0.215. The van der Waals surface area contributed by atoms with Gasteiger partial charge in [0.1, 0.15) is 0 Å². The zero-order valence-electron chi connectivity index (χ0n) is 6.15. The minimum atomic E-state index is -0.600. The van der Waals surface area contributed by atoms with Gasteiger partial charge in [0.25, 0.3) is 5.91 Å². The lowest BCUT2D eigenvalue weighted by molar-refractivity contribution is -0.603. The molecule has 1 saturated heterocycles. The maximum absolute atomic E-state index is 10.7. The third-order valence-corrected chi connectivity index (χ3v) is 1.31. The lowest BCUT2D eigenvalue weighted by Crippen LogP contribution is -3.00. The Labute approximate surface area is 85.6 Å². The van der Waals surface area contributed by atoms with E-state index in [-0.39, 0.29) is 45.9 Å². The number of primary amides is 1. The number of carbonyl (C=O) groups is 2. The number of hydrogen-bond donors (Lipinski definition) is 2. The monoisotopic (exact) mass is 287 g/mol. The van der Waals surface area contributed by atoms with Gasteiger partial charge < -0.3 is 34.0 Å². The summed E-state index contributed by atoms with van der Waals surface area (Å²) in [5.41, 5.74) is -0.600. The van der Waals surface area contributed by atoms with E-state index >= 15 is 0 Å². The molecule has 3 N–H and O–H groups in total. The van der Waals surface area contributed by atoms with Crippen molar-refractivity contribution in [2.75, 3.05) is 0 Å². The van der Waals surface area contributed by atoms with Crippen molar-refractivity contribution in [1.82, 2.24) is 5.32 Å². The van der Waals surface area contributed by atoms with Crippen LogP contribution in [0.4, 0.5) is 4.79 Å². The number of amides is 3. The van der Waals surface area contributed by atoms with Crippen molar-refractivity contribution in [2.45, 2.75) is 19.4 Å². The summed E-state index contributed by atoms with van der Waals surface area (Å²) in [4.78, 5) is 21.2. The first-order valence-electron chi connectivity index (χ1n) is 2.74. The van der Waals surface area contributed by atoms with Gasteiger partial charge in [0.05, 0.1) is 0 Å². The fraction of sp³-hybridized carbons (Fsp3) is 0.600. The van der Waals surface area contributed by atoms with E-state index in [2.05, 4.69) is 5.32 Å². The van der Waals surface area contributed by atoms with Crippen LogP contribution in [0.1, 0.15) is 13.8 Å². The van der Waals surface area contributed by atoms with Crippen LogP contribution in [0.3, 0.4) is 0 Å². The molecule has 1 aliphatic rings. The first-order chi connectivity index (χ1) is 4.02. The zero-order valence-corrected chi connectivity index (χ0v) is 9.32. The van der Waals surface area contributed by atoms with Crippen molar-refractivity contribution in [3.63, 3.8) is 0 Å². The molecule has 0 unspecified atom stereocenters. The molecule has 1 heterocycles. The molecule has 11 heavy (non-hydrogen) atoms. The number of hydrogen-bond acceptors (Lipinski definition) is 2. The van der Waals surface area contributed by atoms with Gasteiger partial charge in [-0.25, -0.2) is 10.1 Å². The SMILES string of the molecule is CC1(C)[NH2+]C(=O)NC1=O.[Br-].[Br-]. The number of imide groups is 1. The van der Waals surface area contributed by atoms with Gasteiger partial charge in [-0.3, -0.25) is 10.1 Å². The highest BCUT2D eigenvalue weighted by Crippen LogP contribution is 1.97. The van der Waals surface area contributed by atoms with Gasteiger partial charge in [-0.1, -0.05) is 0 Å². The summed E-state index contributed by atoms with van der Waals surface area (Å²) >= 11 is 0. The summed E-state index contributed by atoms with van der Waals surface area (Å²) in [6.07, 6.45) is 0. The van der Waals surface area contributed by atoms with E-state index in [0.29, 0.717) is 0 Å². The largest absolute Gasteiger partial charge is 1.00 e. The van der Waals surface area contributed by atoms with Crippen LogP contribution in [0.2, 0.25) is 0 Å². The van der Waals surface area contributed by atoms with Crippen molar-refractivity contribution in [3.05, 3.63) is 0 Å². The van der Waals surface area contributed by atoms with Crippen molar-refractivity contribution in [2.24, 2.45) is 0 Å². The fourth-order valence-corrected chi connectivity index (χ4v) is 0.702. The van der Waals surface area contributed by atoms with Crippen LogP contribution < -0.4 is 44.6 Å². The Kier molecular flexibility index (Phi) is 5.18. The summed E-state index contributed by atoms with van der Waals surface area (Å²) in [7, 11) is 0. The quantitative estimate of drug-likeness (QED) is 0.435. The number of rotatable bonds is 0. The molecule has 0 spiro atoms. The minimum absolute atomic E-state index is 0. The Morgan fingerprint density at radius 1 is 1.27 bits per heavy atom. The first-order valence-corrected chi connectivity index (χ1v) is 2.74. The van der Waals surface area contributed by atoms with Crippen LogP contribution in [0.25, 0.3) is 0 Å². The number of carbonyl (C=O) groups excluding carboxylic acids is 2. The van der Waals surface area contributed by atoms with Gasteiger partial charge in [0, 0.05) is 13.8 Å². The van der Waals surface area contributed by atoms with E-state index in [1.807, 2.05) is 0 Å². The Morgan fingerprint density at radius 3 is 1.82 bits per heavy atom. The molecule has 1 rings (SSSR count). The van der Waals surface area contributed by atoms with Gasteiger partial charge in [0.15, 0.2) is 5.54 Å². The number of urea groups is 1. The highest BCUT2D eigenvalue weighted by atomic mass is 79.9. The van der Waals surface area contributed by atoms with E-state index in [4.69, 9.17) is 0 Å². The summed E-state index contributed by atoms with van der Waals surface area (Å²) < 4.78 is 0. The average molecular weight is 289 g/mol. The van der Waals surface area contributed by atoms with Crippen LogP contribution in [0.15, 0.2) is 0 Å². The molecule has 0 aliphatic carbocycles. The number of nitrogens with two attached hydrogens (primary N) is 1. The molecular weight excluding hydrogens is 280 g/mol. The van der Waals surface area contributed by atoms with Gasteiger partial charge >= 0.3 is 6.03 Å². The van der Waals surface area contributed by atoms with Crippen LogP contribution >= 0.6 is 0 Å². The van der Waals surface area contributed by atoms with E-state index in [9.17, 15) is 9.59 Å². The molecule has 0 aromatic carbocycles. The molecule has 0 bridgehead atoms. The number of quaternary nitrogens is 1. The van der Waals surface area contributed by atoms with Crippen molar-refractivity contribution < 1.29 is 48.9 Å². The predicted molar refractivity (Wildman–Crippen MR) is 29.5 cm³/mol. The molecule has 0 aromatic heterocycles. The van der Waals surface area contributed by atoms with Crippen LogP contribution in [-0.2, 0) is 4.79 Å². The first kappa shape index (κ1) is 13.6. The summed E-state index contributed by atoms with van der Waals surface area (Å²) in [6.45, 7) is 3.40. The van der Waals surface area contributed by atoms with Gasteiger partial charge in [0.2, 0.25) is 0 Å². The second-order valence-corrected chi connectivity index (χ2v) is 2.68. The fourth-order valence-electron chi connectivity index (χ4n) is 0.702. The maximum Gasteiger partial charge on any atom is 0.420 e. The van der Waals surface area contributed by atoms with Gasteiger partial charge in [-0.05, 0) is 0 Å². The lowest BCUT2D eigenvalue weighted by atomic mass is 10.1. The third-order valence-electron chi connectivity index (χ3n) is 1.31. The summed E-state index contributed by atoms with van der Waals surface area (Å²) in [6, 6.07) is -0.287. The van der Waals surface area contributed by atoms with E-state index in [0.717, 1.165) is 0 Å². The molecule has 0 atom stereocenters. The third kappa shape index (κ3) is 2.88. The Morgan fingerprint density at radius 2 is 1.73 bits per heavy atom. The van der Waals surface area contributed by atoms with Crippen LogP contribution in [-0.4, -0.2) is 17.5 Å². The Hall–Kier alpha value is 0.0600. The van der Waals surface area contributed by atoms with Gasteiger partial charge in [-0.15, -0.1) is 0 Å². The molecule has 6 heteroatoms. The average Bonchev–Trinajstić information content (AvgIpc) is 1.79. The van der Waals surface area contributed by atoms with Gasteiger partial charge in [-0.2, -0.15) is 0 Å². The molecule has 1 fully saturated rings. The number of nitrogens with one attached hydrogen (secondary N) is 1. The second kappa shape index (κ2) is 4.18. The smallest absolute Gasteiger partial charge is 0.420 e. The molecule has 0 aromatic rings. The van der Waals surface area contributed by atoms with E-state index in [1.165, 1.54) is 5.32 Å². The topological polar surface area (TPSA) is 62.8 Å². The maximum atomic E-state index is 10.7. The summed E-state index contributed by atoms with van der Waals surface area (Å²) in [5, 5.41) is 3.56. The molecule has 66 valence electrons. The molecule has 0 saturated carbocycles. The highest BCUT2D eigenvalue weighted by molar-refractivity contribution is 5.99. The van der Waals surface area contributed by atoms with Crippen LogP contribution in [0.5, 0.6) is 0 Å². The van der Waals surface area contributed by atoms with Crippen LogP contribution in [0, 0.1) is 0 Å². The molecule has 0 radical (unpaired) electrons. The van der Waals surface area contributed by atoms with Crippen molar-refractivity contribution >= 4 is 11.9 Å². The van der Waals surface area contributed by atoms with E-state index in [1.54, 1.807) is 13.8 Å². The van der Waals surface area contributed by atoms with Crippen molar-refractivity contribution in [3.8, 4) is 0 Å². The second-order valence-electron chi connectivity index (χ2n) is 2.68. The predicted octanol–water partition coefficient (Wildman–Crippen LogP) is -7.41. The molecule has 4 nitrogen and oxygen atoms in total. The minimum Gasteiger partial charge on any atom is -1.00 e. The van der Waals surface area contributed by atoms with E-state index < -0.39 is 5.54 Å². The standard InChI is InChI=1S/C5H8N2O2.2BrH/c1-5(2)3(8)6-4(9)7-5;;/h1-2H3,(H2,6,7,8,9);2*1H/p-1.